The number of pyridine rings is 1. The summed E-state index contributed by atoms with van der Waals surface area (Å²) in [5.41, 5.74) is 3.44. The Labute approximate surface area is 151 Å². The van der Waals surface area contributed by atoms with Crippen LogP contribution in [0.25, 0.3) is 11.3 Å². The van der Waals surface area contributed by atoms with E-state index in [2.05, 4.69) is 47.4 Å². The number of nitrogens with zero attached hydrogens (tertiary/aromatic N) is 3. The van der Waals surface area contributed by atoms with Crippen LogP contribution < -0.4 is 0 Å². The van der Waals surface area contributed by atoms with Gasteiger partial charge in [0.2, 0.25) is 0 Å². The summed E-state index contributed by atoms with van der Waals surface area (Å²) in [7, 11) is 0. The highest BCUT2D eigenvalue weighted by Gasteiger charge is 2.21. The van der Waals surface area contributed by atoms with Crippen molar-refractivity contribution in [3.05, 3.63) is 58.2 Å². The molecule has 25 heavy (non-hydrogen) atoms. The monoisotopic (exact) mass is 354 g/mol. The number of carbonyl (C=O) groups is 1. The molecule has 0 aliphatic heterocycles. The first-order valence-corrected chi connectivity index (χ1v) is 9.20. The minimum atomic E-state index is -0.0192. The van der Waals surface area contributed by atoms with Gasteiger partial charge in [0.05, 0.1) is 12.2 Å². The molecule has 3 aromatic heterocycles. The Morgan fingerprint density at radius 2 is 2.04 bits per heavy atom. The van der Waals surface area contributed by atoms with Crippen molar-refractivity contribution in [3.63, 3.8) is 0 Å². The summed E-state index contributed by atoms with van der Waals surface area (Å²) in [5.74, 6) is 0.376. The van der Waals surface area contributed by atoms with E-state index >= 15 is 0 Å². The molecular formula is C19H22N4OS. The third-order valence-corrected chi connectivity index (χ3v) is 4.97. The van der Waals surface area contributed by atoms with Crippen LogP contribution in [0.15, 0.2) is 42.0 Å². The topological polar surface area (TPSA) is 61.9 Å². The van der Waals surface area contributed by atoms with E-state index in [1.54, 1.807) is 23.7 Å². The van der Waals surface area contributed by atoms with Crippen molar-refractivity contribution >= 4 is 17.2 Å². The average molecular weight is 354 g/mol. The summed E-state index contributed by atoms with van der Waals surface area (Å²) < 4.78 is 0. The van der Waals surface area contributed by atoms with E-state index in [1.165, 1.54) is 10.4 Å². The van der Waals surface area contributed by atoms with Crippen LogP contribution in [0.2, 0.25) is 0 Å². The molecule has 3 aromatic rings. The lowest BCUT2D eigenvalue weighted by atomic mass is 10.1. The molecule has 5 nitrogen and oxygen atoms in total. The number of aromatic nitrogens is 3. The van der Waals surface area contributed by atoms with Crippen LogP contribution in [0, 0.1) is 12.8 Å². The number of H-pyrrole nitrogens is 1. The van der Waals surface area contributed by atoms with E-state index in [4.69, 9.17) is 0 Å². The maximum absolute atomic E-state index is 13.0. The fourth-order valence-electron chi connectivity index (χ4n) is 2.67. The number of nitrogens with one attached hydrogen (secondary N) is 1. The highest BCUT2D eigenvalue weighted by molar-refractivity contribution is 7.10. The number of aryl methyl sites for hydroxylation is 1. The first kappa shape index (κ1) is 17.4. The molecule has 0 spiro atoms. The fraction of sp³-hybridized carbons (Fsp3) is 0.316. The van der Waals surface area contributed by atoms with Gasteiger partial charge in [-0.3, -0.25) is 14.9 Å². The molecule has 130 valence electrons. The minimum Gasteiger partial charge on any atom is -0.332 e. The average Bonchev–Trinajstić information content (AvgIpc) is 3.24. The zero-order chi connectivity index (χ0) is 17.8. The molecule has 0 fully saturated rings. The van der Waals surface area contributed by atoms with Crippen LogP contribution >= 0.6 is 11.3 Å². The standard InChI is InChI=1S/C19H22N4OS/c1-13(2)11-23(12-18-14(3)6-9-25-18)19(24)17-10-16(21-22-17)15-4-7-20-8-5-15/h4-10,13H,11-12H2,1-3H3,(H,21,22). The zero-order valence-corrected chi connectivity index (χ0v) is 15.5. The summed E-state index contributed by atoms with van der Waals surface area (Å²) in [6, 6.07) is 7.67. The van der Waals surface area contributed by atoms with Crippen LogP contribution in [0.4, 0.5) is 0 Å². The largest absolute Gasteiger partial charge is 0.332 e. The number of amides is 1. The van der Waals surface area contributed by atoms with Gasteiger partial charge in [0.1, 0.15) is 5.69 Å². The molecule has 0 aliphatic carbocycles. The first-order valence-electron chi connectivity index (χ1n) is 8.32. The van der Waals surface area contributed by atoms with Gasteiger partial charge >= 0.3 is 0 Å². The SMILES string of the molecule is Cc1ccsc1CN(CC(C)C)C(=O)c1cc(-c2ccncc2)n[nH]1. The molecule has 0 aliphatic rings. The molecule has 1 N–H and O–H groups in total. The molecule has 0 saturated carbocycles. The molecular weight excluding hydrogens is 332 g/mol. The lowest BCUT2D eigenvalue weighted by Gasteiger charge is -2.23. The van der Waals surface area contributed by atoms with Crippen LogP contribution in [0.3, 0.4) is 0 Å². The Bertz CT molecular complexity index is 838. The van der Waals surface area contributed by atoms with Gasteiger partial charge in [-0.15, -0.1) is 11.3 Å². The molecule has 1 amide bonds. The molecule has 0 bridgehead atoms. The molecule has 0 atom stereocenters. The minimum absolute atomic E-state index is 0.0192. The second-order valence-corrected chi connectivity index (χ2v) is 7.51. The summed E-state index contributed by atoms with van der Waals surface area (Å²) in [5, 5.41) is 9.25. The maximum atomic E-state index is 13.0. The van der Waals surface area contributed by atoms with Crippen molar-refractivity contribution in [1.82, 2.24) is 20.1 Å². The van der Waals surface area contributed by atoms with Crippen molar-refractivity contribution in [2.45, 2.75) is 27.3 Å². The number of hydrogen-bond acceptors (Lipinski definition) is 4. The van der Waals surface area contributed by atoms with Gasteiger partial charge in [0, 0.05) is 29.4 Å². The Balaban J connectivity index is 1.82. The quantitative estimate of drug-likeness (QED) is 0.724. The van der Waals surface area contributed by atoms with Crippen molar-refractivity contribution < 1.29 is 4.79 Å². The van der Waals surface area contributed by atoms with Crippen molar-refractivity contribution in [2.24, 2.45) is 5.92 Å². The van der Waals surface area contributed by atoms with Gasteiger partial charge in [0.25, 0.3) is 5.91 Å². The number of rotatable bonds is 6. The molecule has 0 unspecified atom stereocenters. The molecule has 3 rings (SSSR count). The zero-order valence-electron chi connectivity index (χ0n) is 14.7. The third-order valence-electron chi connectivity index (χ3n) is 3.96. The second-order valence-electron chi connectivity index (χ2n) is 6.51. The third kappa shape index (κ3) is 4.14. The molecule has 0 radical (unpaired) electrons. The van der Waals surface area contributed by atoms with Gasteiger partial charge < -0.3 is 4.90 Å². The van der Waals surface area contributed by atoms with Gasteiger partial charge in [-0.2, -0.15) is 5.10 Å². The molecule has 0 saturated heterocycles. The van der Waals surface area contributed by atoms with Crippen molar-refractivity contribution in [2.75, 3.05) is 6.54 Å². The molecule has 3 heterocycles. The predicted molar refractivity (Wildman–Crippen MR) is 100 cm³/mol. The normalized spacial score (nSPS) is 11.0. The van der Waals surface area contributed by atoms with Crippen LogP contribution in [0.1, 0.15) is 34.8 Å². The van der Waals surface area contributed by atoms with Gasteiger partial charge in [-0.05, 0) is 48.1 Å². The van der Waals surface area contributed by atoms with Crippen molar-refractivity contribution in [1.29, 1.82) is 0 Å². The predicted octanol–water partition coefficient (Wildman–Crippen LogP) is 4.14. The second kappa shape index (κ2) is 7.61. The lowest BCUT2D eigenvalue weighted by Crippen LogP contribution is -2.34. The molecule has 0 aromatic carbocycles. The lowest BCUT2D eigenvalue weighted by molar-refractivity contribution is 0.0718. The highest BCUT2D eigenvalue weighted by Crippen LogP contribution is 2.21. The molecule has 6 heteroatoms. The van der Waals surface area contributed by atoms with Crippen molar-refractivity contribution in [3.8, 4) is 11.3 Å². The Morgan fingerprint density at radius 1 is 1.28 bits per heavy atom. The van der Waals surface area contributed by atoms with E-state index in [0.29, 0.717) is 24.7 Å². The Morgan fingerprint density at radius 3 is 2.68 bits per heavy atom. The van der Waals surface area contributed by atoms with E-state index in [9.17, 15) is 4.79 Å². The summed E-state index contributed by atoms with van der Waals surface area (Å²) in [6.07, 6.45) is 3.44. The summed E-state index contributed by atoms with van der Waals surface area (Å²) in [4.78, 5) is 20.1. The van der Waals surface area contributed by atoms with E-state index in [1.807, 2.05) is 23.1 Å². The van der Waals surface area contributed by atoms with Crippen LogP contribution in [0.5, 0.6) is 0 Å². The van der Waals surface area contributed by atoms with Crippen LogP contribution in [-0.2, 0) is 6.54 Å². The fourth-order valence-corrected chi connectivity index (χ4v) is 3.59. The highest BCUT2D eigenvalue weighted by atomic mass is 32.1. The number of carbonyl (C=O) groups excluding carboxylic acids is 1. The number of thiophene rings is 1. The summed E-state index contributed by atoms with van der Waals surface area (Å²) >= 11 is 1.69. The van der Waals surface area contributed by atoms with Gasteiger partial charge in [-0.25, -0.2) is 0 Å². The van der Waals surface area contributed by atoms with Crippen LogP contribution in [-0.4, -0.2) is 32.5 Å². The first-order chi connectivity index (χ1) is 12.0. The smallest absolute Gasteiger partial charge is 0.272 e. The van der Waals surface area contributed by atoms with Gasteiger partial charge in [-0.1, -0.05) is 13.8 Å². The maximum Gasteiger partial charge on any atom is 0.272 e. The van der Waals surface area contributed by atoms with E-state index < -0.39 is 0 Å². The Hall–Kier alpha value is -2.47. The summed E-state index contributed by atoms with van der Waals surface area (Å²) in [6.45, 7) is 7.67. The van der Waals surface area contributed by atoms with Gasteiger partial charge in [0.15, 0.2) is 0 Å². The Kier molecular flexibility index (Phi) is 5.28. The number of aromatic amines is 1. The van der Waals surface area contributed by atoms with E-state index in [-0.39, 0.29) is 5.91 Å². The number of hydrogen-bond donors (Lipinski definition) is 1. The van der Waals surface area contributed by atoms with E-state index in [0.717, 1.165) is 11.3 Å².